The molecule has 2 rings (SSSR count). The Hall–Kier alpha value is -4.76. The molecule has 0 radical (unpaired) electrons. The number of benzene rings is 2. The van der Waals surface area contributed by atoms with Gasteiger partial charge in [0.1, 0.15) is 29.6 Å². The summed E-state index contributed by atoms with van der Waals surface area (Å²) >= 11 is 5.05. The minimum atomic E-state index is -0.698. The normalized spacial score (nSPS) is 10.0. The van der Waals surface area contributed by atoms with Crippen LogP contribution in [0.3, 0.4) is 0 Å². The molecular formula is C27H22O8S. The number of rotatable bonds is 12. The van der Waals surface area contributed by atoms with E-state index in [9.17, 15) is 14.4 Å². The van der Waals surface area contributed by atoms with Crippen molar-refractivity contribution in [3.05, 3.63) is 104 Å². The third-order valence-electron chi connectivity index (χ3n) is 4.13. The molecule has 0 atom stereocenters. The van der Waals surface area contributed by atoms with Gasteiger partial charge in [-0.15, -0.1) is 0 Å². The number of hydrogen-bond acceptors (Lipinski definition) is 9. The molecule has 184 valence electrons. The smallest absolute Gasteiger partial charge is 0.335 e. The molecule has 2 aromatic carbocycles. The van der Waals surface area contributed by atoms with Crippen LogP contribution in [0, 0.1) is 0 Å². The Labute approximate surface area is 213 Å². The zero-order valence-electron chi connectivity index (χ0n) is 19.1. The molecule has 36 heavy (non-hydrogen) atoms. The lowest BCUT2D eigenvalue weighted by Gasteiger charge is -2.11. The number of carbonyl (C=O) groups excluding carboxylic acids is 3. The highest BCUT2D eigenvalue weighted by molar-refractivity contribution is 7.80. The van der Waals surface area contributed by atoms with Crippen LogP contribution in [0.5, 0.6) is 23.0 Å². The lowest BCUT2D eigenvalue weighted by atomic mass is 10.2. The molecule has 0 fully saturated rings. The molecule has 0 amide bonds. The molecule has 0 unspecified atom stereocenters. The van der Waals surface area contributed by atoms with E-state index in [2.05, 4.69) is 26.3 Å². The van der Waals surface area contributed by atoms with Crippen LogP contribution >= 0.6 is 12.2 Å². The van der Waals surface area contributed by atoms with Gasteiger partial charge in [0.15, 0.2) is 5.05 Å². The predicted octanol–water partition coefficient (Wildman–Crippen LogP) is 5.04. The Kier molecular flexibility index (Phi) is 10.6. The Bertz CT molecular complexity index is 1240. The van der Waals surface area contributed by atoms with E-state index in [1.165, 1.54) is 30.5 Å². The number of esters is 3. The van der Waals surface area contributed by atoms with Crippen molar-refractivity contribution >= 4 is 41.3 Å². The average molecular weight is 507 g/mol. The topological polar surface area (TPSA) is 97.4 Å². The van der Waals surface area contributed by atoms with E-state index < -0.39 is 17.9 Å². The van der Waals surface area contributed by atoms with Gasteiger partial charge in [0.05, 0.1) is 6.26 Å². The quantitative estimate of drug-likeness (QED) is 0.129. The standard InChI is InChI=1S/C27H22O8S/c1-5-24(28)32-20-11-9-18(22(15-20)35-27(36)8-4)13-14-31-17-19-10-12-21(33-25(29)6-2)16-23(19)34-26(30)7-3/h5-16H,1-4,17H2/b14-13+. The number of ether oxygens (including phenoxy) is 5. The maximum atomic E-state index is 11.7. The fourth-order valence-electron chi connectivity index (χ4n) is 2.49. The summed E-state index contributed by atoms with van der Waals surface area (Å²) < 4.78 is 26.5. The molecule has 0 aliphatic rings. The summed E-state index contributed by atoms with van der Waals surface area (Å²) in [5, 5.41) is 0.115. The van der Waals surface area contributed by atoms with Gasteiger partial charge < -0.3 is 23.7 Å². The third kappa shape index (κ3) is 8.54. The summed E-state index contributed by atoms with van der Waals surface area (Å²) in [6.07, 6.45) is 7.37. The van der Waals surface area contributed by atoms with Crippen molar-refractivity contribution < 1.29 is 38.1 Å². The highest BCUT2D eigenvalue weighted by atomic mass is 32.1. The summed E-state index contributed by atoms with van der Waals surface area (Å²) in [5.41, 5.74) is 1.05. The highest BCUT2D eigenvalue weighted by Gasteiger charge is 2.12. The van der Waals surface area contributed by atoms with E-state index in [-0.39, 0.29) is 28.9 Å². The van der Waals surface area contributed by atoms with Crippen molar-refractivity contribution in [3.63, 3.8) is 0 Å². The average Bonchev–Trinajstić information content (AvgIpc) is 2.88. The summed E-state index contributed by atoms with van der Waals surface area (Å²) in [4.78, 5) is 34.6. The van der Waals surface area contributed by atoms with Crippen molar-refractivity contribution in [2.75, 3.05) is 0 Å². The molecule has 0 saturated carbocycles. The van der Waals surface area contributed by atoms with Crippen LogP contribution in [0.1, 0.15) is 11.1 Å². The molecule has 0 aliphatic heterocycles. The van der Waals surface area contributed by atoms with Crippen molar-refractivity contribution in [2.45, 2.75) is 6.61 Å². The molecule has 0 bridgehead atoms. The van der Waals surface area contributed by atoms with Crippen LogP contribution in [-0.2, 0) is 25.7 Å². The summed E-state index contributed by atoms with van der Waals surface area (Å²) in [5.74, 6) is -1.19. The van der Waals surface area contributed by atoms with Crippen molar-refractivity contribution in [1.29, 1.82) is 0 Å². The van der Waals surface area contributed by atoms with Crippen LogP contribution in [0.25, 0.3) is 6.08 Å². The Balaban J connectivity index is 2.21. The first kappa shape index (κ1) is 27.5. The second-order valence-electron chi connectivity index (χ2n) is 6.58. The molecule has 9 heteroatoms. The zero-order chi connectivity index (χ0) is 26.5. The van der Waals surface area contributed by atoms with Crippen molar-refractivity contribution in [3.8, 4) is 23.0 Å². The fourth-order valence-corrected chi connectivity index (χ4v) is 2.58. The van der Waals surface area contributed by atoms with Crippen LogP contribution in [0.15, 0.2) is 93.3 Å². The zero-order valence-corrected chi connectivity index (χ0v) is 20.0. The molecule has 0 aromatic heterocycles. The second-order valence-corrected chi connectivity index (χ2v) is 6.99. The highest BCUT2D eigenvalue weighted by Crippen LogP contribution is 2.28. The Morgan fingerprint density at radius 2 is 1.28 bits per heavy atom. The van der Waals surface area contributed by atoms with Crippen LogP contribution in [0.2, 0.25) is 0 Å². The fraction of sp³-hybridized carbons (Fsp3) is 0.0370. The van der Waals surface area contributed by atoms with Gasteiger partial charge in [0, 0.05) is 41.5 Å². The number of thiocarbonyl (C=S) groups is 1. The van der Waals surface area contributed by atoms with E-state index in [1.54, 1.807) is 24.3 Å². The minimum absolute atomic E-state index is 0.00221. The first-order valence-corrected chi connectivity index (χ1v) is 10.6. The number of carbonyl (C=O) groups is 3. The van der Waals surface area contributed by atoms with E-state index in [0.717, 1.165) is 18.2 Å². The molecule has 0 N–H and O–H groups in total. The third-order valence-corrected chi connectivity index (χ3v) is 4.38. The number of hydrogen-bond donors (Lipinski definition) is 0. The van der Waals surface area contributed by atoms with Gasteiger partial charge in [-0.25, -0.2) is 14.4 Å². The van der Waals surface area contributed by atoms with E-state index in [1.807, 2.05) is 0 Å². The van der Waals surface area contributed by atoms with Gasteiger partial charge >= 0.3 is 17.9 Å². The first-order valence-electron chi connectivity index (χ1n) is 10.2. The minimum Gasteiger partial charge on any atom is -0.496 e. The van der Waals surface area contributed by atoms with Gasteiger partial charge in [-0.3, -0.25) is 0 Å². The van der Waals surface area contributed by atoms with Crippen LogP contribution < -0.4 is 18.9 Å². The SMILES string of the molecule is C=CC(=O)Oc1ccc(/C=C/OCc2ccc(OC(=O)C=C)cc2OC(=O)C=C)c(OC(=S)C=C)c1. The molecule has 0 saturated heterocycles. The predicted molar refractivity (Wildman–Crippen MR) is 138 cm³/mol. The van der Waals surface area contributed by atoms with Gasteiger partial charge in [-0.1, -0.05) is 26.3 Å². The molecule has 2 aromatic rings. The molecule has 0 spiro atoms. The second kappa shape index (κ2) is 13.8. The van der Waals surface area contributed by atoms with Gasteiger partial charge in [-0.2, -0.15) is 0 Å². The maximum absolute atomic E-state index is 11.7. The summed E-state index contributed by atoms with van der Waals surface area (Å²) in [7, 11) is 0. The summed E-state index contributed by atoms with van der Waals surface area (Å²) in [6.45, 7) is 13.6. The molecule has 0 heterocycles. The lowest BCUT2D eigenvalue weighted by Crippen LogP contribution is -2.08. The lowest BCUT2D eigenvalue weighted by molar-refractivity contribution is -0.130. The maximum Gasteiger partial charge on any atom is 0.335 e. The van der Waals surface area contributed by atoms with Gasteiger partial charge in [0.2, 0.25) is 0 Å². The van der Waals surface area contributed by atoms with Crippen molar-refractivity contribution in [2.24, 2.45) is 0 Å². The molecular weight excluding hydrogens is 484 g/mol. The van der Waals surface area contributed by atoms with Gasteiger partial charge in [-0.05, 0) is 48.6 Å². The van der Waals surface area contributed by atoms with E-state index >= 15 is 0 Å². The van der Waals surface area contributed by atoms with Gasteiger partial charge in [0.25, 0.3) is 0 Å². The monoisotopic (exact) mass is 506 g/mol. The molecule has 0 aliphatic carbocycles. The van der Waals surface area contributed by atoms with Crippen molar-refractivity contribution in [1.82, 2.24) is 0 Å². The van der Waals surface area contributed by atoms with Crippen LogP contribution in [0.4, 0.5) is 0 Å². The Morgan fingerprint density at radius 3 is 1.86 bits per heavy atom. The summed E-state index contributed by atoms with van der Waals surface area (Å²) in [6, 6.07) is 9.13. The Morgan fingerprint density at radius 1 is 0.722 bits per heavy atom. The first-order chi connectivity index (χ1) is 17.3. The largest absolute Gasteiger partial charge is 0.496 e. The van der Waals surface area contributed by atoms with E-state index in [4.69, 9.17) is 35.9 Å². The van der Waals surface area contributed by atoms with Crippen LogP contribution in [-0.4, -0.2) is 23.0 Å². The molecule has 8 nitrogen and oxygen atoms in total. The van der Waals surface area contributed by atoms with E-state index in [0.29, 0.717) is 16.9 Å².